The lowest BCUT2D eigenvalue weighted by molar-refractivity contribution is 0.0989. The predicted octanol–water partition coefficient (Wildman–Crippen LogP) is 1.26. The van der Waals surface area contributed by atoms with E-state index >= 15 is 0 Å². The minimum absolute atomic E-state index is 0.0376. The number of carbonyl (C=O) groups excluding carboxylic acids is 1. The lowest BCUT2D eigenvalue weighted by atomic mass is 10.1. The molecule has 0 atom stereocenters. The van der Waals surface area contributed by atoms with E-state index in [1.165, 1.54) is 0 Å². The average molecular weight is 150 g/mol. The van der Waals surface area contributed by atoms with Gasteiger partial charge >= 0.3 is 0 Å². The first kappa shape index (κ1) is 7.72. The highest BCUT2D eigenvalue weighted by atomic mass is 16.1. The van der Waals surface area contributed by atoms with E-state index in [9.17, 15) is 4.79 Å². The second-order valence-corrected chi connectivity index (χ2v) is 2.21. The van der Waals surface area contributed by atoms with Crippen molar-refractivity contribution in [1.82, 2.24) is 4.98 Å². The average Bonchev–Trinajstić information content (AvgIpc) is 2.04. The van der Waals surface area contributed by atoms with E-state index in [0.29, 0.717) is 17.8 Å². The summed E-state index contributed by atoms with van der Waals surface area (Å²) in [7, 11) is 0. The molecule has 1 aromatic heterocycles. The Morgan fingerprint density at radius 1 is 1.73 bits per heavy atom. The second kappa shape index (κ2) is 3.14. The molecule has 0 saturated carbocycles. The molecule has 3 nitrogen and oxygen atoms in total. The molecule has 0 amide bonds. The van der Waals surface area contributed by atoms with Gasteiger partial charge in [0.25, 0.3) is 0 Å². The van der Waals surface area contributed by atoms with Crippen LogP contribution in [0.4, 0.5) is 5.82 Å². The summed E-state index contributed by atoms with van der Waals surface area (Å²) in [6.07, 6.45) is 2.04. The predicted molar refractivity (Wildman–Crippen MR) is 43.3 cm³/mol. The fraction of sp³-hybridized carbons (Fsp3) is 0.250. The molecule has 0 spiro atoms. The van der Waals surface area contributed by atoms with Crippen molar-refractivity contribution in [2.24, 2.45) is 0 Å². The van der Waals surface area contributed by atoms with Crippen molar-refractivity contribution in [2.45, 2.75) is 13.3 Å². The molecule has 0 unspecified atom stereocenters. The van der Waals surface area contributed by atoms with Crippen molar-refractivity contribution in [3.05, 3.63) is 23.9 Å². The van der Waals surface area contributed by atoms with Crippen molar-refractivity contribution in [2.75, 3.05) is 5.73 Å². The summed E-state index contributed by atoms with van der Waals surface area (Å²) < 4.78 is 0. The number of nitrogens with two attached hydrogens (primary N) is 1. The summed E-state index contributed by atoms with van der Waals surface area (Å²) in [6.45, 7) is 1.80. The van der Waals surface area contributed by atoms with Gasteiger partial charge in [-0.25, -0.2) is 4.98 Å². The fourth-order valence-electron chi connectivity index (χ4n) is 0.844. The number of anilines is 1. The smallest absolute Gasteiger partial charge is 0.166 e. The molecule has 0 bridgehead atoms. The van der Waals surface area contributed by atoms with Crippen LogP contribution in [0.5, 0.6) is 0 Å². The number of hydrogen-bond donors (Lipinski definition) is 1. The summed E-state index contributed by atoms with van der Waals surface area (Å²) in [5.41, 5.74) is 5.99. The molecule has 0 aliphatic carbocycles. The summed E-state index contributed by atoms with van der Waals surface area (Å²) in [6, 6.07) is 3.40. The van der Waals surface area contributed by atoms with Gasteiger partial charge in [-0.2, -0.15) is 0 Å². The van der Waals surface area contributed by atoms with E-state index < -0.39 is 0 Å². The Kier molecular flexibility index (Phi) is 2.21. The third-order valence-electron chi connectivity index (χ3n) is 1.46. The molecule has 1 aromatic rings. The molecular weight excluding hydrogens is 140 g/mol. The van der Waals surface area contributed by atoms with Gasteiger partial charge in [0.2, 0.25) is 0 Å². The quantitative estimate of drug-likeness (QED) is 0.645. The maximum Gasteiger partial charge on any atom is 0.166 e. The van der Waals surface area contributed by atoms with Gasteiger partial charge in [-0.1, -0.05) is 6.92 Å². The highest BCUT2D eigenvalue weighted by Gasteiger charge is 2.05. The minimum Gasteiger partial charge on any atom is -0.383 e. The van der Waals surface area contributed by atoms with Crippen LogP contribution in [0.1, 0.15) is 23.7 Å². The van der Waals surface area contributed by atoms with Gasteiger partial charge in [-0.3, -0.25) is 4.79 Å². The number of ketones is 1. The zero-order chi connectivity index (χ0) is 8.27. The number of pyridine rings is 1. The van der Waals surface area contributed by atoms with Gasteiger partial charge in [0.05, 0.1) is 5.56 Å². The number of carbonyl (C=O) groups is 1. The van der Waals surface area contributed by atoms with Crippen LogP contribution in [-0.4, -0.2) is 10.8 Å². The molecule has 11 heavy (non-hydrogen) atoms. The zero-order valence-electron chi connectivity index (χ0n) is 6.37. The molecule has 1 rings (SSSR count). The Balaban J connectivity index is 3.03. The summed E-state index contributed by atoms with van der Waals surface area (Å²) >= 11 is 0. The van der Waals surface area contributed by atoms with E-state index in [1.807, 2.05) is 0 Å². The van der Waals surface area contributed by atoms with Crippen LogP contribution < -0.4 is 5.73 Å². The van der Waals surface area contributed by atoms with Crippen LogP contribution in [-0.2, 0) is 0 Å². The normalized spacial score (nSPS) is 9.55. The number of hydrogen-bond acceptors (Lipinski definition) is 3. The number of aromatic nitrogens is 1. The summed E-state index contributed by atoms with van der Waals surface area (Å²) in [4.78, 5) is 14.9. The lowest BCUT2D eigenvalue weighted by Gasteiger charge is -1.99. The third kappa shape index (κ3) is 1.55. The standard InChI is InChI=1S/C8H10N2O/c1-2-7(11)6-4-3-5-10-8(6)9/h3-5H,2H2,1H3,(H2,9,10). The van der Waals surface area contributed by atoms with Gasteiger partial charge in [0.1, 0.15) is 5.82 Å². The third-order valence-corrected chi connectivity index (χ3v) is 1.46. The molecule has 0 radical (unpaired) electrons. The SMILES string of the molecule is CCC(=O)c1cccnc1N. The first-order valence-electron chi connectivity index (χ1n) is 3.49. The van der Waals surface area contributed by atoms with Crippen LogP contribution in [0.25, 0.3) is 0 Å². The minimum atomic E-state index is 0.0376. The summed E-state index contributed by atoms with van der Waals surface area (Å²) in [5, 5.41) is 0. The van der Waals surface area contributed by atoms with E-state index in [4.69, 9.17) is 5.73 Å². The molecule has 2 N–H and O–H groups in total. The van der Waals surface area contributed by atoms with Crippen LogP contribution in [0.15, 0.2) is 18.3 Å². The molecule has 0 saturated heterocycles. The van der Waals surface area contributed by atoms with Gasteiger partial charge in [0, 0.05) is 12.6 Å². The van der Waals surface area contributed by atoms with E-state index in [0.717, 1.165) is 0 Å². The van der Waals surface area contributed by atoms with Crippen LogP contribution in [0.2, 0.25) is 0 Å². The monoisotopic (exact) mass is 150 g/mol. The molecular formula is C8H10N2O. The Morgan fingerprint density at radius 3 is 3.00 bits per heavy atom. The molecule has 58 valence electrons. The molecule has 0 aliphatic heterocycles. The van der Waals surface area contributed by atoms with E-state index in [1.54, 1.807) is 25.3 Å². The molecule has 0 aromatic carbocycles. The molecule has 3 heteroatoms. The zero-order valence-corrected chi connectivity index (χ0v) is 6.37. The number of Topliss-reactive ketones (excluding diaryl/α,β-unsaturated/α-hetero) is 1. The Morgan fingerprint density at radius 2 is 2.45 bits per heavy atom. The van der Waals surface area contributed by atoms with Crippen molar-refractivity contribution < 1.29 is 4.79 Å². The van der Waals surface area contributed by atoms with Crippen molar-refractivity contribution in [3.8, 4) is 0 Å². The first-order valence-corrected chi connectivity index (χ1v) is 3.49. The highest BCUT2D eigenvalue weighted by Crippen LogP contribution is 2.08. The van der Waals surface area contributed by atoms with E-state index in [-0.39, 0.29) is 5.78 Å². The first-order chi connectivity index (χ1) is 5.25. The van der Waals surface area contributed by atoms with Gasteiger partial charge in [0.15, 0.2) is 5.78 Å². The number of rotatable bonds is 2. The Hall–Kier alpha value is -1.38. The lowest BCUT2D eigenvalue weighted by Crippen LogP contribution is -2.03. The maximum atomic E-state index is 11.1. The number of nitrogens with zero attached hydrogens (tertiary/aromatic N) is 1. The van der Waals surface area contributed by atoms with Crippen molar-refractivity contribution in [3.63, 3.8) is 0 Å². The van der Waals surface area contributed by atoms with Gasteiger partial charge in [-0.05, 0) is 12.1 Å². The number of nitrogen functional groups attached to an aromatic ring is 1. The van der Waals surface area contributed by atoms with Crippen molar-refractivity contribution in [1.29, 1.82) is 0 Å². The van der Waals surface area contributed by atoms with E-state index in [2.05, 4.69) is 4.98 Å². The fourth-order valence-corrected chi connectivity index (χ4v) is 0.844. The molecule has 0 fully saturated rings. The highest BCUT2D eigenvalue weighted by molar-refractivity contribution is 5.99. The summed E-state index contributed by atoms with van der Waals surface area (Å²) in [5.74, 6) is 0.356. The largest absolute Gasteiger partial charge is 0.383 e. The maximum absolute atomic E-state index is 11.1. The van der Waals surface area contributed by atoms with Gasteiger partial charge in [-0.15, -0.1) is 0 Å². The van der Waals surface area contributed by atoms with Crippen LogP contribution in [0, 0.1) is 0 Å². The Labute approximate surface area is 65.2 Å². The Bertz CT molecular complexity index is 271. The molecule has 1 heterocycles. The van der Waals surface area contributed by atoms with Crippen LogP contribution in [0.3, 0.4) is 0 Å². The van der Waals surface area contributed by atoms with Crippen molar-refractivity contribution >= 4 is 11.6 Å². The topological polar surface area (TPSA) is 56.0 Å². The van der Waals surface area contributed by atoms with Gasteiger partial charge < -0.3 is 5.73 Å². The second-order valence-electron chi connectivity index (χ2n) is 2.21. The van der Waals surface area contributed by atoms with Crippen LogP contribution >= 0.6 is 0 Å². The molecule has 0 aliphatic rings.